The smallest absolute Gasteiger partial charge is 0.240 e. The van der Waals surface area contributed by atoms with Gasteiger partial charge in [-0.15, -0.1) is 0 Å². The van der Waals surface area contributed by atoms with E-state index in [1.807, 2.05) is 56.9 Å². The minimum atomic E-state index is -0.408. The first-order valence-corrected chi connectivity index (χ1v) is 7.46. The predicted molar refractivity (Wildman–Crippen MR) is 86.5 cm³/mol. The quantitative estimate of drug-likeness (QED) is 0.839. The number of hydrogen-bond acceptors (Lipinski definition) is 3. The summed E-state index contributed by atoms with van der Waals surface area (Å²) in [7, 11) is 0. The molecule has 0 saturated carbocycles. The van der Waals surface area contributed by atoms with Crippen LogP contribution < -0.4 is 10.2 Å². The maximum Gasteiger partial charge on any atom is 0.240 e. The molecule has 1 aromatic rings. The summed E-state index contributed by atoms with van der Waals surface area (Å²) < 4.78 is 0. The molecule has 116 valence electrons. The van der Waals surface area contributed by atoms with Crippen LogP contribution in [-0.2, 0) is 9.59 Å². The molecular weight excluding hydrogens is 264 g/mol. The molecule has 21 heavy (non-hydrogen) atoms. The zero-order chi connectivity index (χ0) is 16.0. The summed E-state index contributed by atoms with van der Waals surface area (Å²) in [6.45, 7) is 10.4. The largest absolute Gasteiger partial charge is 0.363 e. The van der Waals surface area contributed by atoms with Gasteiger partial charge in [0.05, 0.1) is 12.6 Å². The van der Waals surface area contributed by atoms with E-state index in [-0.39, 0.29) is 24.2 Å². The van der Waals surface area contributed by atoms with Gasteiger partial charge >= 0.3 is 0 Å². The van der Waals surface area contributed by atoms with Gasteiger partial charge in [0.2, 0.25) is 5.91 Å². The first-order valence-electron chi connectivity index (χ1n) is 7.46. The van der Waals surface area contributed by atoms with Crippen molar-refractivity contribution in [1.82, 2.24) is 5.32 Å². The van der Waals surface area contributed by atoms with Crippen molar-refractivity contribution in [3.63, 3.8) is 0 Å². The third kappa shape index (κ3) is 5.21. The number of nitrogens with one attached hydrogen (secondary N) is 1. The molecule has 1 unspecified atom stereocenters. The number of nitrogens with zero attached hydrogens (tertiary/aromatic N) is 1. The molecule has 0 saturated heterocycles. The lowest BCUT2D eigenvalue weighted by molar-refractivity contribution is -0.127. The van der Waals surface area contributed by atoms with Crippen LogP contribution >= 0.6 is 0 Å². The van der Waals surface area contributed by atoms with Crippen molar-refractivity contribution < 1.29 is 9.59 Å². The third-order valence-electron chi connectivity index (χ3n) is 3.54. The number of rotatable bonds is 7. The average Bonchev–Trinajstić information content (AvgIpc) is 2.42. The standard InChI is InChI=1S/C17H26N2O2/c1-6-19(15-9-7-13(4)8-10-15)11-16(21)18-17(12(2)3)14(5)20/h7-10,12,17H,6,11H2,1-5H3,(H,18,21). The lowest BCUT2D eigenvalue weighted by Crippen LogP contribution is -2.47. The third-order valence-corrected chi connectivity index (χ3v) is 3.54. The lowest BCUT2D eigenvalue weighted by Gasteiger charge is -2.25. The van der Waals surface area contributed by atoms with Crippen molar-refractivity contribution in [2.24, 2.45) is 5.92 Å². The molecule has 1 amide bonds. The highest BCUT2D eigenvalue weighted by Gasteiger charge is 2.21. The van der Waals surface area contributed by atoms with E-state index in [2.05, 4.69) is 5.32 Å². The molecule has 1 atom stereocenters. The molecular formula is C17H26N2O2. The fourth-order valence-electron chi connectivity index (χ4n) is 2.27. The van der Waals surface area contributed by atoms with E-state index in [1.165, 1.54) is 12.5 Å². The number of Topliss-reactive ketones (excluding diaryl/α,β-unsaturated/α-hetero) is 1. The van der Waals surface area contributed by atoms with Gasteiger partial charge in [0.1, 0.15) is 0 Å². The number of anilines is 1. The fourth-order valence-corrected chi connectivity index (χ4v) is 2.27. The predicted octanol–water partition coefficient (Wildman–Crippen LogP) is 2.55. The molecule has 1 N–H and O–H groups in total. The molecule has 0 fully saturated rings. The second kappa shape index (κ2) is 7.81. The number of benzene rings is 1. The Balaban J connectivity index is 2.70. The van der Waals surface area contributed by atoms with Crippen LogP contribution in [0.5, 0.6) is 0 Å². The van der Waals surface area contributed by atoms with Gasteiger partial charge in [0.25, 0.3) is 0 Å². The van der Waals surface area contributed by atoms with Gasteiger partial charge in [-0.25, -0.2) is 0 Å². The van der Waals surface area contributed by atoms with Gasteiger partial charge in [-0.05, 0) is 38.8 Å². The van der Waals surface area contributed by atoms with Crippen molar-refractivity contribution in [2.45, 2.75) is 40.7 Å². The summed E-state index contributed by atoms with van der Waals surface area (Å²) in [4.78, 5) is 25.7. The number of ketones is 1. The SMILES string of the molecule is CCN(CC(=O)NC(C(C)=O)C(C)C)c1ccc(C)cc1. The molecule has 0 aliphatic heterocycles. The van der Waals surface area contributed by atoms with E-state index in [0.717, 1.165) is 12.2 Å². The number of likely N-dealkylation sites (N-methyl/N-ethyl adjacent to an activating group) is 1. The maximum atomic E-state index is 12.2. The molecule has 0 spiro atoms. The lowest BCUT2D eigenvalue weighted by atomic mass is 10.0. The Morgan fingerprint density at radius 2 is 1.76 bits per heavy atom. The van der Waals surface area contributed by atoms with Crippen LogP contribution in [0.25, 0.3) is 0 Å². The molecule has 0 radical (unpaired) electrons. The van der Waals surface area contributed by atoms with Gasteiger partial charge in [-0.3, -0.25) is 9.59 Å². The Kier molecular flexibility index (Phi) is 6.40. The van der Waals surface area contributed by atoms with Crippen LogP contribution in [0.15, 0.2) is 24.3 Å². The first kappa shape index (κ1) is 17.2. The van der Waals surface area contributed by atoms with Crippen LogP contribution in [-0.4, -0.2) is 30.8 Å². The van der Waals surface area contributed by atoms with Crippen LogP contribution in [0.4, 0.5) is 5.69 Å². The van der Waals surface area contributed by atoms with Crippen LogP contribution in [0, 0.1) is 12.8 Å². The molecule has 0 bridgehead atoms. The van der Waals surface area contributed by atoms with Gasteiger partial charge in [-0.2, -0.15) is 0 Å². The molecule has 0 aliphatic carbocycles. The van der Waals surface area contributed by atoms with Crippen LogP contribution in [0.2, 0.25) is 0 Å². The number of carbonyl (C=O) groups is 2. The van der Waals surface area contributed by atoms with Gasteiger partial charge in [0, 0.05) is 12.2 Å². The van der Waals surface area contributed by atoms with E-state index < -0.39 is 6.04 Å². The van der Waals surface area contributed by atoms with Crippen molar-refractivity contribution >= 4 is 17.4 Å². The van der Waals surface area contributed by atoms with Crippen molar-refractivity contribution in [3.05, 3.63) is 29.8 Å². The number of amides is 1. The molecule has 0 heterocycles. The van der Waals surface area contributed by atoms with Crippen LogP contribution in [0.1, 0.15) is 33.3 Å². The minimum absolute atomic E-state index is 0.00302. The second-order valence-corrected chi connectivity index (χ2v) is 5.75. The summed E-state index contributed by atoms with van der Waals surface area (Å²) in [6.07, 6.45) is 0. The summed E-state index contributed by atoms with van der Waals surface area (Å²) in [5, 5.41) is 2.83. The van der Waals surface area contributed by atoms with E-state index in [0.29, 0.717) is 0 Å². The number of hydrogen-bond donors (Lipinski definition) is 1. The normalized spacial score (nSPS) is 12.1. The molecule has 1 rings (SSSR count). The highest BCUT2D eigenvalue weighted by atomic mass is 16.2. The molecule has 4 nitrogen and oxygen atoms in total. The number of aryl methyl sites for hydroxylation is 1. The number of carbonyl (C=O) groups excluding carboxylic acids is 2. The summed E-state index contributed by atoms with van der Waals surface area (Å²) in [5.74, 6) is -0.0241. The molecule has 0 aliphatic rings. The van der Waals surface area contributed by atoms with Gasteiger partial charge in [-0.1, -0.05) is 31.5 Å². The summed E-state index contributed by atoms with van der Waals surface area (Å²) >= 11 is 0. The van der Waals surface area contributed by atoms with E-state index in [9.17, 15) is 9.59 Å². The first-order chi connectivity index (χ1) is 9.85. The average molecular weight is 290 g/mol. The summed E-state index contributed by atoms with van der Waals surface area (Å²) in [5.41, 5.74) is 2.21. The Bertz CT molecular complexity index is 480. The Labute approximate surface area is 127 Å². The maximum absolute atomic E-state index is 12.2. The highest BCUT2D eigenvalue weighted by Crippen LogP contribution is 2.14. The zero-order valence-electron chi connectivity index (χ0n) is 13.6. The molecule has 4 heteroatoms. The van der Waals surface area contributed by atoms with E-state index in [4.69, 9.17) is 0 Å². The van der Waals surface area contributed by atoms with Gasteiger partial charge in [0.15, 0.2) is 5.78 Å². The van der Waals surface area contributed by atoms with Crippen molar-refractivity contribution in [3.8, 4) is 0 Å². The van der Waals surface area contributed by atoms with E-state index in [1.54, 1.807) is 0 Å². The van der Waals surface area contributed by atoms with Crippen molar-refractivity contribution in [1.29, 1.82) is 0 Å². The zero-order valence-corrected chi connectivity index (χ0v) is 13.6. The topological polar surface area (TPSA) is 49.4 Å². The molecule has 1 aromatic carbocycles. The Morgan fingerprint density at radius 3 is 2.19 bits per heavy atom. The summed E-state index contributed by atoms with van der Waals surface area (Å²) in [6, 6.07) is 7.67. The highest BCUT2D eigenvalue weighted by molar-refractivity contribution is 5.89. The van der Waals surface area contributed by atoms with Gasteiger partial charge < -0.3 is 10.2 Å². The minimum Gasteiger partial charge on any atom is -0.363 e. The second-order valence-electron chi connectivity index (χ2n) is 5.75. The van der Waals surface area contributed by atoms with Crippen molar-refractivity contribution in [2.75, 3.05) is 18.0 Å². The monoisotopic (exact) mass is 290 g/mol. The van der Waals surface area contributed by atoms with E-state index >= 15 is 0 Å². The molecule has 0 aromatic heterocycles. The Morgan fingerprint density at radius 1 is 1.19 bits per heavy atom. The Hall–Kier alpha value is -1.84. The van der Waals surface area contributed by atoms with Crippen LogP contribution in [0.3, 0.4) is 0 Å². The fraction of sp³-hybridized carbons (Fsp3) is 0.529.